The smallest absolute Gasteiger partial charge is 0.180 e. The number of hydrogen-bond donors (Lipinski definition) is 1. The van der Waals surface area contributed by atoms with Gasteiger partial charge in [-0.05, 0) is 6.42 Å². The lowest BCUT2D eigenvalue weighted by molar-refractivity contribution is 0.102. The van der Waals surface area contributed by atoms with Gasteiger partial charge in [0.1, 0.15) is 9.90 Å². The summed E-state index contributed by atoms with van der Waals surface area (Å²) >= 11 is 3.11. The van der Waals surface area contributed by atoms with E-state index in [1.807, 2.05) is 11.8 Å². The van der Waals surface area contributed by atoms with Crippen molar-refractivity contribution in [3.63, 3.8) is 0 Å². The molecule has 1 aromatic heterocycles. The predicted molar refractivity (Wildman–Crippen MR) is 90.6 cm³/mol. The molecule has 5 nitrogen and oxygen atoms in total. The Labute approximate surface area is 133 Å². The van der Waals surface area contributed by atoms with Crippen molar-refractivity contribution in [3.05, 3.63) is 4.88 Å². The molecule has 0 bridgehead atoms. The van der Waals surface area contributed by atoms with Crippen LogP contribution >= 0.6 is 23.1 Å². The number of Topliss-reactive ketones (excluding diaryl/α,β-unsaturated/α-hetero) is 1. The van der Waals surface area contributed by atoms with E-state index in [1.54, 1.807) is 0 Å². The van der Waals surface area contributed by atoms with E-state index in [-0.39, 0.29) is 16.4 Å². The van der Waals surface area contributed by atoms with Gasteiger partial charge in [-0.15, -0.1) is 11.3 Å². The normalized spacial score (nSPS) is 19.8. The molecule has 2 rings (SSSR count). The molecule has 2 N–H and O–H groups in total. The summed E-state index contributed by atoms with van der Waals surface area (Å²) in [5.41, 5.74) is 6.05. The molecule has 0 spiro atoms. The van der Waals surface area contributed by atoms with Crippen LogP contribution in [0.3, 0.4) is 0 Å². The van der Waals surface area contributed by atoms with E-state index in [2.05, 4.69) is 11.8 Å². The SMILES string of the molecule is CCC1CN(c2sc(C(C)=O)c(N)c2S(C)(=O)=O)CCS1. The second-order valence-electron chi connectivity index (χ2n) is 5.15. The summed E-state index contributed by atoms with van der Waals surface area (Å²) in [6.07, 6.45) is 2.19. The Balaban J connectivity index is 2.52. The maximum atomic E-state index is 12.1. The summed E-state index contributed by atoms with van der Waals surface area (Å²) in [5.74, 6) is 0.765. The number of sulfone groups is 1. The first kappa shape index (κ1) is 16.6. The second kappa shape index (κ2) is 6.18. The summed E-state index contributed by atoms with van der Waals surface area (Å²) in [5, 5.41) is 1.11. The van der Waals surface area contributed by atoms with Gasteiger partial charge in [-0.25, -0.2) is 8.42 Å². The van der Waals surface area contributed by atoms with Crippen molar-refractivity contribution in [2.24, 2.45) is 0 Å². The lowest BCUT2D eigenvalue weighted by atomic mass is 10.3. The average molecular weight is 349 g/mol. The van der Waals surface area contributed by atoms with Crippen LogP contribution in [0, 0.1) is 0 Å². The first-order chi connectivity index (χ1) is 9.75. The zero-order chi connectivity index (χ0) is 15.8. The molecule has 8 heteroatoms. The minimum absolute atomic E-state index is 0.108. The number of hydrogen-bond acceptors (Lipinski definition) is 7. The zero-order valence-electron chi connectivity index (χ0n) is 12.4. The van der Waals surface area contributed by atoms with E-state index in [9.17, 15) is 13.2 Å². The van der Waals surface area contributed by atoms with Gasteiger partial charge in [-0.3, -0.25) is 4.79 Å². The minimum Gasteiger partial charge on any atom is -0.396 e. The number of thioether (sulfide) groups is 1. The van der Waals surface area contributed by atoms with Crippen molar-refractivity contribution in [1.29, 1.82) is 0 Å². The molecular weight excluding hydrogens is 328 g/mol. The van der Waals surface area contributed by atoms with E-state index < -0.39 is 9.84 Å². The number of carbonyl (C=O) groups excluding carboxylic acids is 1. The summed E-state index contributed by atoms with van der Waals surface area (Å²) in [6, 6.07) is 0. The molecule has 21 heavy (non-hydrogen) atoms. The Kier molecular flexibility index (Phi) is 4.89. The Hall–Kier alpha value is -0.730. The fraction of sp³-hybridized carbons (Fsp3) is 0.615. The molecule has 2 heterocycles. The molecule has 0 amide bonds. The minimum atomic E-state index is -3.47. The van der Waals surface area contributed by atoms with E-state index >= 15 is 0 Å². The molecule has 1 saturated heterocycles. The quantitative estimate of drug-likeness (QED) is 0.841. The summed E-state index contributed by atoms with van der Waals surface area (Å²) in [7, 11) is -3.47. The van der Waals surface area contributed by atoms with Crippen LogP contribution in [0.4, 0.5) is 10.7 Å². The Morgan fingerprint density at radius 1 is 1.48 bits per heavy atom. The largest absolute Gasteiger partial charge is 0.396 e. The highest BCUT2D eigenvalue weighted by Crippen LogP contribution is 2.43. The predicted octanol–water partition coefficient (Wildman–Crippen LogP) is 2.27. The highest BCUT2D eigenvalue weighted by atomic mass is 32.2. The van der Waals surface area contributed by atoms with Crippen LogP contribution in [0.5, 0.6) is 0 Å². The summed E-state index contributed by atoms with van der Waals surface area (Å²) in [4.78, 5) is 14.2. The van der Waals surface area contributed by atoms with Crippen molar-refractivity contribution >= 4 is 49.4 Å². The fourth-order valence-corrected chi connectivity index (χ4v) is 6.21. The number of carbonyl (C=O) groups is 1. The van der Waals surface area contributed by atoms with E-state index in [1.165, 1.54) is 18.3 Å². The van der Waals surface area contributed by atoms with Gasteiger partial charge in [0, 0.05) is 37.3 Å². The Morgan fingerprint density at radius 2 is 2.14 bits per heavy atom. The highest BCUT2D eigenvalue weighted by Gasteiger charge is 2.30. The molecule has 1 aromatic rings. The van der Waals surface area contributed by atoms with Crippen molar-refractivity contribution in [3.8, 4) is 0 Å². The molecule has 1 atom stereocenters. The average Bonchev–Trinajstić information content (AvgIpc) is 2.76. The number of thiophene rings is 1. The molecule has 0 radical (unpaired) electrons. The van der Waals surface area contributed by atoms with Gasteiger partial charge >= 0.3 is 0 Å². The van der Waals surface area contributed by atoms with Crippen LogP contribution in [0.25, 0.3) is 0 Å². The Bertz CT molecular complexity index is 652. The maximum absolute atomic E-state index is 12.1. The van der Waals surface area contributed by atoms with Gasteiger partial charge in [0.05, 0.1) is 10.6 Å². The molecule has 1 aliphatic heterocycles. The van der Waals surface area contributed by atoms with E-state index in [0.29, 0.717) is 15.1 Å². The number of nitrogen functional groups attached to an aromatic ring is 1. The van der Waals surface area contributed by atoms with Gasteiger partial charge in [-0.2, -0.15) is 11.8 Å². The standard InChI is InChI=1S/C13H20N2O3S3/c1-4-9-7-15(5-6-19-9)13-12(21(3,17)18)10(14)11(20-13)8(2)16/h9H,4-7,14H2,1-3H3. The van der Waals surface area contributed by atoms with E-state index in [4.69, 9.17) is 5.73 Å². The first-order valence-electron chi connectivity index (χ1n) is 6.75. The van der Waals surface area contributed by atoms with Crippen molar-refractivity contribution < 1.29 is 13.2 Å². The lowest BCUT2D eigenvalue weighted by Gasteiger charge is -2.33. The molecule has 1 aliphatic rings. The number of nitrogens with two attached hydrogens (primary N) is 1. The molecule has 0 saturated carbocycles. The van der Waals surface area contributed by atoms with Crippen molar-refractivity contribution in [2.45, 2.75) is 30.4 Å². The number of ketones is 1. The summed E-state index contributed by atoms with van der Waals surface area (Å²) in [6.45, 7) is 5.11. The van der Waals surface area contributed by atoms with Crippen LogP contribution in [-0.4, -0.2) is 44.5 Å². The van der Waals surface area contributed by atoms with Crippen molar-refractivity contribution in [1.82, 2.24) is 0 Å². The van der Waals surface area contributed by atoms with Crippen LogP contribution in [0.1, 0.15) is 29.9 Å². The third kappa shape index (κ3) is 3.37. The van der Waals surface area contributed by atoms with Gasteiger partial charge in [0.2, 0.25) is 0 Å². The van der Waals surface area contributed by atoms with Crippen LogP contribution in [0.2, 0.25) is 0 Å². The first-order valence-corrected chi connectivity index (χ1v) is 10.5. The number of nitrogens with zero attached hydrogens (tertiary/aromatic N) is 1. The monoisotopic (exact) mass is 348 g/mol. The van der Waals surface area contributed by atoms with Gasteiger partial charge < -0.3 is 10.6 Å². The molecule has 118 valence electrons. The van der Waals surface area contributed by atoms with Crippen molar-refractivity contribution in [2.75, 3.05) is 35.7 Å². The third-order valence-corrected chi connectivity index (χ3v) is 7.48. The number of anilines is 2. The molecule has 0 aromatic carbocycles. The second-order valence-corrected chi connectivity index (χ2v) is 9.51. The van der Waals surface area contributed by atoms with Crippen LogP contribution < -0.4 is 10.6 Å². The molecule has 1 fully saturated rings. The molecule has 0 aliphatic carbocycles. The Morgan fingerprint density at radius 3 is 2.67 bits per heavy atom. The maximum Gasteiger partial charge on any atom is 0.180 e. The van der Waals surface area contributed by atoms with Gasteiger partial charge in [0.15, 0.2) is 15.6 Å². The number of rotatable bonds is 4. The van der Waals surface area contributed by atoms with Crippen LogP contribution in [0.15, 0.2) is 4.90 Å². The third-order valence-electron chi connectivity index (χ3n) is 3.45. The van der Waals surface area contributed by atoms with E-state index in [0.717, 1.165) is 31.5 Å². The molecular formula is C13H20N2O3S3. The lowest BCUT2D eigenvalue weighted by Crippen LogP contribution is -2.37. The van der Waals surface area contributed by atoms with Gasteiger partial charge in [0.25, 0.3) is 0 Å². The highest BCUT2D eigenvalue weighted by molar-refractivity contribution is 8.00. The van der Waals surface area contributed by atoms with Crippen LogP contribution in [-0.2, 0) is 9.84 Å². The molecule has 1 unspecified atom stereocenters. The van der Waals surface area contributed by atoms with Gasteiger partial charge in [-0.1, -0.05) is 6.92 Å². The topological polar surface area (TPSA) is 80.5 Å². The summed E-state index contributed by atoms with van der Waals surface area (Å²) < 4.78 is 24.2. The zero-order valence-corrected chi connectivity index (χ0v) is 14.8. The fourth-order valence-electron chi connectivity index (χ4n) is 2.40.